The summed E-state index contributed by atoms with van der Waals surface area (Å²) in [7, 11) is 0. The molecule has 0 saturated carbocycles. The smallest absolute Gasteiger partial charge is 0.408 e. The Morgan fingerprint density at radius 3 is 2.85 bits per heavy atom. The topological polar surface area (TPSA) is 62.7 Å². The predicted octanol–water partition coefficient (Wildman–Crippen LogP) is 2.74. The summed E-state index contributed by atoms with van der Waals surface area (Å²) in [5.74, 6) is 0. The van der Waals surface area contributed by atoms with Gasteiger partial charge in [-0.25, -0.2) is 4.79 Å². The van der Waals surface area contributed by atoms with Gasteiger partial charge in [-0.15, -0.1) is 23.4 Å². The number of rotatable bonds is 2. The lowest BCUT2D eigenvalue weighted by molar-refractivity contribution is 0.0341. The molecule has 5 nitrogen and oxygen atoms in total. The lowest BCUT2D eigenvalue weighted by atomic mass is 10.2. The highest BCUT2D eigenvalue weighted by Gasteiger charge is 2.31. The Morgan fingerprint density at radius 1 is 1.55 bits per heavy atom. The molecule has 1 aromatic heterocycles. The van der Waals surface area contributed by atoms with Crippen LogP contribution in [0.2, 0.25) is 0 Å². The van der Waals surface area contributed by atoms with E-state index in [-0.39, 0.29) is 6.61 Å². The number of pyridine rings is 1. The van der Waals surface area contributed by atoms with E-state index in [9.17, 15) is 9.90 Å². The summed E-state index contributed by atoms with van der Waals surface area (Å²) in [5.41, 5.74) is 0.719. The first kappa shape index (κ1) is 14.7. The van der Waals surface area contributed by atoms with E-state index in [1.54, 1.807) is 44.6 Å². The quantitative estimate of drug-likeness (QED) is 0.849. The zero-order valence-corrected chi connectivity index (χ0v) is 12.5. The number of hydrogen-bond acceptors (Lipinski definition) is 5. The molecule has 1 N–H and O–H groups in total. The number of amides is 1. The highest BCUT2D eigenvalue weighted by Crippen LogP contribution is 2.41. The van der Waals surface area contributed by atoms with Crippen LogP contribution in [-0.4, -0.2) is 33.3 Å². The summed E-state index contributed by atoms with van der Waals surface area (Å²) in [5, 5.41) is 11.8. The molecule has 0 radical (unpaired) electrons. The lowest BCUT2D eigenvalue weighted by Crippen LogP contribution is -2.37. The minimum Gasteiger partial charge on any atom is -0.444 e. The summed E-state index contributed by atoms with van der Waals surface area (Å²) in [6, 6.07) is 3.66. The molecule has 1 aromatic rings. The molecule has 0 saturated heterocycles. The monoisotopic (exact) mass is 293 g/mol. The van der Waals surface area contributed by atoms with Crippen molar-refractivity contribution in [3.05, 3.63) is 46.6 Å². The van der Waals surface area contributed by atoms with Crippen molar-refractivity contribution in [1.82, 2.24) is 9.88 Å². The highest BCUT2D eigenvalue weighted by atomic mass is 32.2. The Bertz CT molecular complexity index is 511. The molecule has 0 bridgehead atoms. The molecule has 1 aliphatic rings. The lowest BCUT2D eigenvalue weighted by Gasteiger charge is -2.33. The fourth-order valence-corrected chi connectivity index (χ4v) is 2.64. The second kappa shape index (κ2) is 5.76. The molecule has 1 aliphatic heterocycles. The van der Waals surface area contributed by atoms with E-state index in [1.807, 2.05) is 6.07 Å². The van der Waals surface area contributed by atoms with E-state index >= 15 is 0 Å². The van der Waals surface area contributed by atoms with Crippen LogP contribution in [-0.2, 0) is 4.74 Å². The molecule has 0 fully saturated rings. The third-order valence-electron chi connectivity index (χ3n) is 2.44. The molecule has 0 atom stereocenters. The van der Waals surface area contributed by atoms with Crippen LogP contribution in [0.5, 0.6) is 0 Å². The van der Waals surface area contributed by atoms with Crippen molar-refractivity contribution in [2.24, 2.45) is 0 Å². The summed E-state index contributed by atoms with van der Waals surface area (Å²) >= 11 is 1.37. The van der Waals surface area contributed by atoms with Crippen molar-refractivity contribution in [2.45, 2.75) is 26.4 Å². The van der Waals surface area contributed by atoms with Gasteiger partial charge in [0.1, 0.15) is 5.60 Å². The zero-order valence-electron chi connectivity index (χ0n) is 11.7. The minimum atomic E-state index is -0.592. The SMILES string of the molecule is CC(C)(C)OC(=O)N1C(CO)=CS[C-]1c1cccnc1. The molecule has 0 aromatic carbocycles. The van der Waals surface area contributed by atoms with Gasteiger partial charge in [0.25, 0.3) is 0 Å². The number of hydrogen-bond donors (Lipinski definition) is 1. The Balaban J connectivity index is 2.24. The molecule has 2 rings (SSSR count). The van der Waals surface area contributed by atoms with E-state index < -0.39 is 11.7 Å². The number of aliphatic hydroxyl groups is 1. The normalized spacial score (nSPS) is 15.3. The molecular formula is C14H17N2O3S-. The first-order valence-corrected chi connectivity index (χ1v) is 7.07. The van der Waals surface area contributed by atoms with Gasteiger partial charge in [-0.2, -0.15) is 6.07 Å². The Kier molecular flexibility index (Phi) is 4.25. The van der Waals surface area contributed by atoms with Gasteiger partial charge in [0, 0.05) is 5.70 Å². The predicted molar refractivity (Wildman–Crippen MR) is 77.4 cm³/mol. The molecule has 1 amide bonds. The van der Waals surface area contributed by atoms with E-state index in [4.69, 9.17) is 4.74 Å². The van der Waals surface area contributed by atoms with Crippen LogP contribution in [0.25, 0.3) is 0 Å². The van der Waals surface area contributed by atoms with Gasteiger partial charge in [-0.3, -0.25) is 4.90 Å². The van der Waals surface area contributed by atoms with Gasteiger partial charge < -0.3 is 14.8 Å². The number of carbonyl (C=O) groups is 1. The van der Waals surface area contributed by atoms with Crippen LogP contribution >= 0.6 is 11.8 Å². The standard InChI is InChI=1S/C14H17N2O3S/c1-14(2,3)19-13(18)16-11(8-17)9-20-12(16)10-5-4-6-15-7-10/h4-7,9,17H,8H2,1-3H3/q-1. The third kappa shape index (κ3) is 3.26. The van der Waals surface area contributed by atoms with Crippen LogP contribution in [0, 0.1) is 5.37 Å². The fraction of sp³-hybridized carbons (Fsp3) is 0.357. The largest absolute Gasteiger partial charge is 0.444 e. The molecule has 20 heavy (non-hydrogen) atoms. The van der Waals surface area contributed by atoms with E-state index in [0.717, 1.165) is 5.56 Å². The van der Waals surface area contributed by atoms with E-state index in [1.165, 1.54) is 16.7 Å². The summed E-state index contributed by atoms with van der Waals surface area (Å²) < 4.78 is 5.39. The number of carbonyl (C=O) groups excluding carboxylic acids is 1. The summed E-state index contributed by atoms with van der Waals surface area (Å²) in [4.78, 5) is 17.8. The van der Waals surface area contributed by atoms with Crippen LogP contribution in [0.4, 0.5) is 4.79 Å². The summed E-state index contributed by atoms with van der Waals surface area (Å²) in [6.07, 6.45) is 2.84. The Morgan fingerprint density at radius 2 is 2.30 bits per heavy atom. The Labute approximate surface area is 122 Å². The van der Waals surface area contributed by atoms with Crippen molar-refractivity contribution in [3.63, 3.8) is 0 Å². The maximum absolute atomic E-state index is 12.3. The van der Waals surface area contributed by atoms with Crippen molar-refractivity contribution >= 4 is 17.9 Å². The molecule has 0 unspecified atom stereocenters. The van der Waals surface area contributed by atoms with Crippen LogP contribution < -0.4 is 0 Å². The molecule has 108 valence electrons. The second-order valence-corrected chi connectivity index (χ2v) is 6.11. The molecular weight excluding hydrogens is 276 g/mol. The average Bonchev–Trinajstić information content (AvgIpc) is 2.81. The fourth-order valence-electron chi connectivity index (χ4n) is 1.66. The van der Waals surface area contributed by atoms with Crippen molar-refractivity contribution in [2.75, 3.05) is 6.61 Å². The second-order valence-electron chi connectivity index (χ2n) is 5.25. The maximum Gasteiger partial charge on any atom is 0.408 e. The van der Waals surface area contributed by atoms with Gasteiger partial charge in [0.05, 0.1) is 6.61 Å². The molecule has 0 aliphatic carbocycles. The number of aromatic nitrogens is 1. The van der Waals surface area contributed by atoms with Gasteiger partial charge in [0.2, 0.25) is 0 Å². The van der Waals surface area contributed by atoms with Crippen LogP contribution in [0.3, 0.4) is 0 Å². The minimum absolute atomic E-state index is 0.226. The van der Waals surface area contributed by atoms with Crippen molar-refractivity contribution < 1.29 is 14.6 Å². The zero-order chi connectivity index (χ0) is 14.8. The molecule has 0 spiro atoms. The number of nitrogens with zero attached hydrogens (tertiary/aromatic N) is 2. The van der Waals surface area contributed by atoms with E-state index in [2.05, 4.69) is 4.98 Å². The Hall–Kier alpha value is -1.66. The first-order chi connectivity index (χ1) is 9.42. The van der Waals surface area contributed by atoms with Gasteiger partial charge >= 0.3 is 6.09 Å². The van der Waals surface area contributed by atoms with E-state index in [0.29, 0.717) is 11.1 Å². The van der Waals surface area contributed by atoms with Crippen LogP contribution in [0.1, 0.15) is 26.3 Å². The van der Waals surface area contributed by atoms with Crippen molar-refractivity contribution in [3.8, 4) is 0 Å². The van der Waals surface area contributed by atoms with Gasteiger partial charge in [-0.05, 0) is 37.7 Å². The number of thioether (sulfide) groups is 1. The van der Waals surface area contributed by atoms with Crippen LogP contribution in [0.15, 0.2) is 35.6 Å². The van der Waals surface area contributed by atoms with Gasteiger partial charge in [0.15, 0.2) is 0 Å². The number of aliphatic hydroxyl groups excluding tert-OH is 1. The van der Waals surface area contributed by atoms with Crippen molar-refractivity contribution in [1.29, 1.82) is 0 Å². The number of ether oxygens (including phenoxy) is 1. The maximum atomic E-state index is 12.3. The molecule has 6 heteroatoms. The average molecular weight is 293 g/mol. The summed E-state index contributed by atoms with van der Waals surface area (Å²) in [6.45, 7) is 5.19. The highest BCUT2D eigenvalue weighted by molar-refractivity contribution is 8.05. The molecule has 2 heterocycles. The third-order valence-corrected chi connectivity index (χ3v) is 3.47. The van der Waals surface area contributed by atoms with Gasteiger partial charge in [-0.1, -0.05) is 6.20 Å². The first-order valence-electron chi connectivity index (χ1n) is 6.19.